The van der Waals surface area contributed by atoms with Crippen molar-refractivity contribution in [3.05, 3.63) is 30.1 Å². The second-order valence-corrected chi connectivity index (χ2v) is 5.19. The average molecular weight is 273 g/mol. The number of aromatic nitrogens is 1. The zero-order valence-electron chi connectivity index (χ0n) is 10.6. The maximum Gasteiger partial charge on any atom is 0.392 e. The van der Waals surface area contributed by atoms with Gasteiger partial charge >= 0.3 is 6.18 Å². The summed E-state index contributed by atoms with van der Waals surface area (Å²) in [6, 6.07) is 5.25. The van der Waals surface area contributed by atoms with Crippen LogP contribution in [0.2, 0.25) is 0 Å². The highest BCUT2D eigenvalue weighted by Gasteiger charge is 2.47. The highest BCUT2D eigenvalue weighted by atomic mass is 19.4. The fourth-order valence-corrected chi connectivity index (χ4v) is 2.91. The van der Waals surface area contributed by atoms with Crippen LogP contribution < -0.4 is 0 Å². The third-order valence-corrected chi connectivity index (χ3v) is 3.88. The maximum atomic E-state index is 13.0. The Hall–Kier alpha value is -1.10. The van der Waals surface area contributed by atoms with Gasteiger partial charge in [-0.25, -0.2) is 0 Å². The number of aliphatic hydroxyl groups is 1. The van der Waals surface area contributed by atoms with Crippen molar-refractivity contribution in [1.82, 2.24) is 4.98 Å². The monoisotopic (exact) mass is 273 g/mol. The van der Waals surface area contributed by atoms with Gasteiger partial charge in [-0.2, -0.15) is 13.2 Å². The molecule has 5 heteroatoms. The van der Waals surface area contributed by atoms with E-state index in [1.165, 1.54) is 0 Å². The second-order valence-electron chi connectivity index (χ2n) is 5.19. The van der Waals surface area contributed by atoms with E-state index < -0.39 is 24.1 Å². The van der Waals surface area contributed by atoms with Crippen LogP contribution in [0, 0.1) is 11.8 Å². The highest BCUT2D eigenvalue weighted by molar-refractivity contribution is 5.05. The Morgan fingerprint density at radius 2 is 2.00 bits per heavy atom. The van der Waals surface area contributed by atoms with E-state index in [1.54, 1.807) is 24.4 Å². The summed E-state index contributed by atoms with van der Waals surface area (Å²) in [6.45, 7) is 0. The molecule has 0 spiro atoms. The molecule has 3 atom stereocenters. The second kappa shape index (κ2) is 5.90. The average Bonchev–Trinajstić information content (AvgIpc) is 2.39. The Morgan fingerprint density at radius 1 is 1.26 bits per heavy atom. The third kappa shape index (κ3) is 3.69. The molecule has 2 nitrogen and oxygen atoms in total. The van der Waals surface area contributed by atoms with Gasteiger partial charge in [-0.3, -0.25) is 4.98 Å². The lowest BCUT2D eigenvalue weighted by Gasteiger charge is -2.35. The molecule has 0 saturated heterocycles. The summed E-state index contributed by atoms with van der Waals surface area (Å²) in [7, 11) is 0. The van der Waals surface area contributed by atoms with Crippen molar-refractivity contribution in [3.63, 3.8) is 0 Å². The molecule has 2 rings (SSSR count). The zero-order valence-corrected chi connectivity index (χ0v) is 10.6. The Balaban J connectivity index is 2.05. The number of pyridine rings is 1. The van der Waals surface area contributed by atoms with Gasteiger partial charge in [-0.15, -0.1) is 0 Å². The predicted octanol–water partition coefficient (Wildman–Crippen LogP) is 3.35. The molecule has 106 valence electrons. The zero-order chi connectivity index (χ0) is 13.9. The van der Waals surface area contributed by atoms with Crippen molar-refractivity contribution in [2.45, 2.75) is 44.4 Å². The lowest BCUT2D eigenvalue weighted by atomic mass is 9.75. The number of halogens is 3. The molecule has 0 bridgehead atoms. The van der Waals surface area contributed by atoms with Crippen molar-refractivity contribution in [2.24, 2.45) is 11.8 Å². The van der Waals surface area contributed by atoms with Gasteiger partial charge < -0.3 is 5.11 Å². The molecule has 1 heterocycles. The summed E-state index contributed by atoms with van der Waals surface area (Å²) < 4.78 is 38.9. The Kier molecular flexibility index (Phi) is 4.45. The van der Waals surface area contributed by atoms with Gasteiger partial charge in [0.1, 0.15) is 0 Å². The summed E-state index contributed by atoms with van der Waals surface area (Å²) in [4.78, 5) is 4.06. The van der Waals surface area contributed by atoms with E-state index >= 15 is 0 Å². The van der Waals surface area contributed by atoms with E-state index in [9.17, 15) is 18.3 Å². The number of hydrogen-bond acceptors (Lipinski definition) is 2. The number of rotatable bonds is 3. The molecule has 0 radical (unpaired) electrons. The van der Waals surface area contributed by atoms with Crippen molar-refractivity contribution >= 4 is 0 Å². The maximum absolute atomic E-state index is 13.0. The van der Waals surface area contributed by atoms with E-state index in [1.807, 2.05) is 0 Å². The first-order chi connectivity index (χ1) is 8.98. The summed E-state index contributed by atoms with van der Waals surface area (Å²) in [5, 5.41) is 10.1. The molecule has 1 saturated carbocycles. The molecule has 1 aliphatic carbocycles. The summed E-state index contributed by atoms with van der Waals surface area (Å²) in [5.41, 5.74) is 0.640. The van der Waals surface area contributed by atoms with Crippen LogP contribution in [0.1, 0.15) is 31.4 Å². The number of aliphatic hydroxyl groups excluding tert-OH is 1. The smallest absolute Gasteiger partial charge is 0.392 e. The van der Waals surface area contributed by atoms with Gasteiger partial charge in [-0.1, -0.05) is 18.9 Å². The van der Waals surface area contributed by atoms with Crippen LogP contribution in [0.3, 0.4) is 0 Å². The summed E-state index contributed by atoms with van der Waals surface area (Å²) in [6.07, 6.45) is -1.47. The molecule has 1 fully saturated rings. The predicted molar refractivity (Wildman–Crippen MR) is 65.5 cm³/mol. The summed E-state index contributed by atoms with van der Waals surface area (Å²) >= 11 is 0. The molecule has 1 aliphatic rings. The topological polar surface area (TPSA) is 33.1 Å². The Labute approximate surface area is 110 Å². The molecule has 3 unspecified atom stereocenters. The van der Waals surface area contributed by atoms with E-state index in [4.69, 9.17) is 0 Å². The molecule has 1 N–H and O–H groups in total. The van der Waals surface area contributed by atoms with Gasteiger partial charge in [0.05, 0.1) is 12.0 Å². The minimum atomic E-state index is -4.21. The van der Waals surface area contributed by atoms with Crippen LogP contribution in [-0.2, 0) is 6.42 Å². The van der Waals surface area contributed by atoms with Gasteiger partial charge in [0.25, 0.3) is 0 Å². The molecule has 1 aromatic heterocycles. The lowest BCUT2D eigenvalue weighted by Crippen LogP contribution is -2.40. The highest BCUT2D eigenvalue weighted by Crippen LogP contribution is 2.43. The minimum Gasteiger partial charge on any atom is -0.392 e. The standard InChI is InChI=1S/C14H18F3NO/c15-14(16,17)12-7-2-1-6-11(12)13(19)9-10-5-3-4-8-18-10/h3-5,8,11-13,19H,1-2,6-7,9H2. The largest absolute Gasteiger partial charge is 0.392 e. The third-order valence-electron chi connectivity index (χ3n) is 3.88. The van der Waals surface area contributed by atoms with Gasteiger partial charge in [0.2, 0.25) is 0 Å². The molecular formula is C14H18F3NO. The van der Waals surface area contributed by atoms with Crippen molar-refractivity contribution in [3.8, 4) is 0 Å². The van der Waals surface area contributed by atoms with Gasteiger partial charge in [0, 0.05) is 18.3 Å². The fourth-order valence-electron chi connectivity index (χ4n) is 2.91. The van der Waals surface area contributed by atoms with Crippen LogP contribution >= 0.6 is 0 Å². The van der Waals surface area contributed by atoms with Crippen LogP contribution in [0.15, 0.2) is 24.4 Å². The first-order valence-corrected chi connectivity index (χ1v) is 6.63. The van der Waals surface area contributed by atoms with Crippen LogP contribution in [0.25, 0.3) is 0 Å². The Morgan fingerprint density at radius 3 is 2.63 bits per heavy atom. The quantitative estimate of drug-likeness (QED) is 0.916. The number of alkyl halides is 3. The van der Waals surface area contributed by atoms with E-state index in [2.05, 4.69) is 4.98 Å². The van der Waals surface area contributed by atoms with E-state index in [0.29, 0.717) is 18.5 Å². The molecule has 19 heavy (non-hydrogen) atoms. The molecule has 0 amide bonds. The van der Waals surface area contributed by atoms with Crippen molar-refractivity contribution in [2.75, 3.05) is 0 Å². The number of nitrogens with zero attached hydrogens (tertiary/aromatic N) is 1. The normalized spacial score (nSPS) is 26.1. The van der Waals surface area contributed by atoms with Gasteiger partial charge in [0.15, 0.2) is 0 Å². The molecule has 1 aromatic rings. The SMILES string of the molecule is OC(Cc1ccccn1)C1CCCCC1C(F)(F)F. The molecular weight excluding hydrogens is 255 g/mol. The van der Waals surface area contributed by atoms with E-state index in [-0.39, 0.29) is 12.8 Å². The van der Waals surface area contributed by atoms with E-state index in [0.717, 1.165) is 6.42 Å². The fraction of sp³-hybridized carbons (Fsp3) is 0.643. The van der Waals surface area contributed by atoms with Crippen LogP contribution in [0.4, 0.5) is 13.2 Å². The van der Waals surface area contributed by atoms with Crippen LogP contribution in [0.5, 0.6) is 0 Å². The summed E-state index contributed by atoms with van der Waals surface area (Å²) in [5.74, 6) is -2.07. The molecule has 0 aliphatic heterocycles. The minimum absolute atomic E-state index is 0.132. The number of hydrogen-bond donors (Lipinski definition) is 1. The van der Waals surface area contributed by atoms with Crippen molar-refractivity contribution < 1.29 is 18.3 Å². The first kappa shape index (κ1) is 14.3. The lowest BCUT2D eigenvalue weighted by molar-refractivity contribution is -0.206. The Bertz CT molecular complexity index is 393. The van der Waals surface area contributed by atoms with Gasteiger partial charge in [-0.05, 0) is 30.9 Å². The van der Waals surface area contributed by atoms with Crippen LogP contribution in [-0.4, -0.2) is 22.4 Å². The molecule has 0 aromatic carbocycles. The van der Waals surface area contributed by atoms with Crippen molar-refractivity contribution in [1.29, 1.82) is 0 Å². The first-order valence-electron chi connectivity index (χ1n) is 6.63.